The van der Waals surface area contributed by atoms with Gasteiger partial charge < -0.3 is 15.1 Å². The Morgan fingerprint density at radius 3 is 2.29 bits per heavy atom. The summed E-state index contributed by atoms with van der Waals surface area (Å²) < 4.78 is 0. The molecule has 2 N–H and O–H groups in total. The van der Waals surface area contributed by atoms with Crippen molar-refractivity contribution in [3.8, 4) is 0 Å². The lowest BCUT2D eigenvalue weighted by Crippen LogP contribution is -2.48. The summed E-state index contributed by atoms with van der Waals surface area (Å²) in [6, 6.07) is 6.76. The molecule has 1 aromatic rings. The predicted molar refractivity (Wildman–Crippen MR) is 69.6 cm³/mol. The van der Waals surface area contributed by atoms with Crippen LogP contribution in [0.15, 0.2) is 24.3 Å². The summed E-state index contributed by atoms with van der Waals surface area (Å²) in [6.07, 6.45) is 0. The zero-order valence-corrected chi connectivity index (χ0v) is 11.2. The van der Waals surface area contributed by atoms with Crippen LogP contribution in [0.5, 0.6) is 0 Å². The average Bonchev–Trinajstić information content (AvgIpc) is 2.74. The SMILES string of the molecule is CC(C(=O)O)(C(=O)O)C(=O)CN1Cc2ccccc2C1=O. The van der Waals surface area contributed by atoms with Crippen LogP contribution >= 0.6 is 0 Å². The fourth-order valence-electron chi connectivity index (χ4n) is 2.10. The van der Waals surface area contributed by atoms with Gasteiger partial charge in [-0.15, -0.1) is 0 Å². The van der Waals surface area contributed by atoms with E-state index in [0.717, 1.165) is 17.4 Å². The van der Waals surface area contributed by atoms with Crippen LogP contribution in [0.2, 0.25) is 0 Å². The largest absolute Gasteiger partial charge is 0.480 e. The van der Waals surface area contributed by atoms with Gasteiger partial charge in [0.15, 0.2) is 5.78 Å². The molecule has 0 fully saturated rings. The number of carbonyl (C=O) groups is 4. The van der Waals surface area contributed by atoms with Gasteiger partial charge >= 0.3 is 11.9 Å². The maximum absolute atomic E-state index is 12.1. The van der Waals surface area contributed by atoms with Crippen molar-refractivity contribution in [3.05, 3.63) is 35.4 Å². The van der Waals surface area contributed by atoms with Gasteiger partial charge in [-0.1, -0.05) is 18.2 Å². The molecule has 1 heterocycles. The molecule has 0 bridgehead atoms. The van der Waals surface area contributed by atoms with Crippen LogP contribution in [0, 0.1) is 5.41 Å². The number of amides is 1. The van der Waals surface area contributed by atoms with Gasteiger partial charge in [0.1, 0.15) is 0 Å². The summed E-state index contributed by atoms with van der Waals surface area (Å²) in [4.78, 5) is 47.4. The minimum Gasteiger partial charge on any atom is -0.480 e. The van der Waals surface area contributed by atoms with E-state index in [-0.39, 0.29) is 6.54 Å². The first-order valence-electron chi connectivity index (χ1n) is 6.15. The van der Waals surface area contributed by atoms with Crippen LogP contribution in [0.1, 0.15) is 22.8 Å². The lowest BCUT2D eigenvalue weighted by Gasteiger charge is -2.22. The van der Waals surface area contributed by atoms with Crippen molar-refractivity contribution >= 4 is 23.6 Å². The van der Waals surface area contributed by atoms with E-state index in [4.69, 9.17) is 10.2 Å². The van der Waals surface area contributed by atoms with Crippen molar-refractivity contribution < 1.29 is 29.4 Å². The molecule has 110 valence electrons. The highest BCUT2D eigenvalue weighted by molar-refractivity contribution is 6.20. The minimum absolute atomic E-state index is 0.163. The van der Waals surface area contributed by atoms with Gasteiger partial charge in [0.2, 0.25) is 5.41 Å². The van der Waals surface area contributed by atoms with Gasteiger partial charge in [0.05, 0.1) is 6.54 Å². The fraction of sp³-hybridized carbons (Fsp3) is 0.286. The molecule has 0 radical (unpaired) electrons. The number of ketones is 1. The van der Waals surface area contributed by atoms with E-state index in [1.807, 2.05) is 0 Å². The zero-order chi connectivity index (χ0) is 15.8. The predicted octanol–water partition coefficient (Wildman–Crippen LogP) is 0.387. The number of rotatable bonds is 5. The monoisotopic (exact) mass is 291 g/mol. The van der Waals surface area contributed by atoms with E-state index >= 15 is 0 Å². The first-order chi connectivity index (χ1) is 9.78. The average molecular weight is 291 g/mol. The number of aliphatic carboxylic acids is 2. The highest BCUT2D eigenvalue weighted by Gasteiger charge is 2.49. The van der Waals surface area contributed by atoms with Gasteiger partial charge in [-0.05, 0) is 18.6 Å². The highest BCUT2D eigenvalue weighted by Crippen LogP contribution is 2.25. The molecule has 0 saturated heterocycles. The van der Waals surface area contributed by atoms with Gasteiger partial charge in [0.25, 0.3) is 5.91 Å². The molecule has 1 aromatic carbocycles. The molecule has 2 rings (SSSR count). The summed E-state index contributed by atoms with van der Waals surface area (Å²) in [6.45, 7) is 0.437. The minimum atomic E-state index is -2.56. The molecular formula is C14H13NO6. The Morgan fingerprint density at radius 2 is 1.76 bits per heavy atom. The summed E-state index contributed by atoms with van der Waals surface area (Å²) >= 11 is 0. The smallest absolute Gasteiger partial charge is 0.328 e. The van der Waals surface area contributed by atoms with Crippen LogP contribution in [0.25, 0.3) is 0 Å². The first kappa shape index (κ1) is 14.7. The molecule has 21 heavy (non-hydrogen) atoms. The number of carboxylic acid groups (broad SMARTS) is 2. The Balaban J connectivity index is 2.21. The number of nitrogens with zero attached hydrogens (tertiary/aromatic N) is 1. The van der Waals surface area contributed by atoms with Crippen molar-refractivity contribution in [1.29, 1.82) is 0 Å². The molecule has 7 heteroatoms. The molecular weight excluding hydrogens is 278 g/mol. The van der Waals surface area contributed by atoms with Crippen molar-refractivity contribution in [1.82, 2.24) is 4.90 Å². The number of carboxylic acids is 2. The number of Topliss-reactive ketones (excluding diaryl/α,β-unsaturated/α-hetero) is 1. The molecule has 0 aromatic heterocycles. The molecule has 1 aliphatic heterocycles. The summed E-state index contributed by atoms with van der Waals surface area (Å²) in [5.74, 6) is -4.94. The zero-order valence-electron chi connectivity index (χ0n) is 11.2. The molecule has 7 nitrogen and oxygen atoms in total. The molecule has 1 aliphatic rings. The molecule has 0 atom stereocenters. The first-order valence-corrected chi connectivity index (χ1v) is 6.15. The van der Waals surface area contributed by atoms with Crippen molar-refractivity contribution in [2.24, 2.45) is 5.41 Å². The third-order valence-corrected chi connectivity index (χ3v) is 3.64. The fourth-order valence-corrected chi connectivity index (χ4v) is 2.10. The maximum atomic E-state index is 12.1. The number of carbonyl (C=O) groups excluding carboxylic acids is 2. The number of hydrogen-bond donors (Lipinski definition) is 2. The van der Waals surface area contributed by atoms with Crippen LogP contribution in [0.4, 0.5) is 0 Å². The molecule has 0 aliphatic carbocycles. The van der Waals surface area contributed by atoms with Crippen molar-refractivity contribution in [2.75, 3.05) is 6.54 Å². The van der Waals surface area contributed by atoms with Crippen LogP contribution in [-0.2, 0) is 20.9 Å². The Hall–Kier alpha value is -2.70. The molecule has 0 unspecified atom stereocenters. The Bertz CT molecular complexity index is 637. The Morgan fingerprint density at radius 1 is 1.19 bits per heavy atom. The topological polar surface area (TPSA) is 112 Å². The number of hydrogen-bond acceptors (Lipinski definition) is 4. The second-order valence-electron chi connectivity index (χ2n) is 4.98. The highest BCUT2D eigenvalue weighted by atomic mass is 16.4. The Labute approximate surface area is 119 Å². The summed E-state index contributed by atoms with van der Waals surface area (Å²) in [5, 5.41) is 18.0. The standard InChI is InChI=1S/C14H13NO6/c1-14(12(18)19,13(20)21)10(16)7-15-6-8-4-2-3-5-9(8)11(15)17/h2-5H,6-7H2,1H3,(H,18,19)(H,20,21). The third-order valence-electron chi connectivity index (χ3n) is 3.64. The lowest BCUT2D eigenvalue weighted by atomic mass is 9.85. The van der Waals surface area contributed by atoms with Crippen LogP contribution < -0.4 is 0 Å². The van der Waals surface area contributed by atoms with E-state index in [1.54, 1.807) is 24.3 Å². The van der Waals surface area contributed by atoms with E-state index in [2.05, 4.69) is 0 Å². The van der Waals surface area contributed by atoms with Crippen molar-refractivity contribution in [2.45, 2.75) is 13.5 Å². The van der Waals surface area contributed by atoms with E-state index in [0.29, 0.717) is 5.56 Å². The van der Waals surface area contributed by atoms with Crippen molar-refractivity contribution in [3.63, 3.8) is 0 Å². The van der Waals surface area contributed by atoms with Crippen LogP contribution in [-0.4, -0.2) is 45.3 Å². The molecule has 0 saturated carbocycles. The lowest BCUT2D eigenvalue weighted by molar-refractivity contribution is -0.167. The molecule has 1 amide bonds. The summed E-state index contributed by atoms with van der Waals surface area (Å²) in [5.41, 5.74) is -1.39. The van der Waals surface area contributed by atoms with Gasteiger partial charge in [-0.3, -0.25) is 19.2 Å². The van der Waals surface area contributed by atoms with Gasteiger partial charge in [-0.2, -0.15) is 0 Å². The van der Waals surface area contributed by atoms with Crippen LogP contribution in [0.3, 0.4) is 0 Å². The number of benzene rings is 1. The third kappa shape index (κ3) is 2.26. The van der Waals surface area contributed by atoms with Gasteiger partial charge in [0, 0.05) is 12.1 Å². The Kier molecular flexibility index (Phi) is 3.51. The normalized spacial score (nSPS) is 14.0. The van der Waals surface area contributed by atoms with E-state index in [1.165, 1.54) is 0 Å². The maximum Gasteiger partial charge on any atom is 0.328 e. The second-order valence-corrected chi connectivity index (χ2v) is 4.98. The van der Waals surface area contributed by atoms with Gasteiger partial charge in [-0.25, -0.2) is 0 Å². The van der Waals surface area contributed by atoms with E-state index < -0.39 is 35.6 Å². The number of fused-ring (bicyclic) bond motifs is 1. The quantitative estimate of drug-likeness (QED) is 0.759. The second kappa shape index (κ2) is 5.01. The van der Waals surface area contributed by atoms with E-state index in [9.17, 15) is 19.2 Å². The molecule has 0 spiro atoms. The summed E-state index contributed by atoms with van der Waals surface area (Å²) in [7, 11) is 0.